The van der Waals surface area contributed by atoms with E-state index >= 15 is 0 Å². The van der Waals surface area contributed by atoms with Gasteiger partial charge in [0.2, 0.25) is 0 Å². The summed E-state index contributed by atoms with van der Waals surface area (Å²) in [5, 5.41) is 0. The van der Waals surface area contributed by atoms with E-state index in [1.807, 2.05) is 13.8 Å². The molecule has 0 bridgehead atoms. The second kappa shape index (κ2) is 7.73. The average Bonchev–Trinajstić information content (AvgIpc) is 2.21. The van der Waals surface area contributed by atoms with Crippen LogP contribution in [0.25, 0.3) is 0 Å². The lowest BCUT2D eigenvalue weighted by molar-refractivity contribution is -0.166. The molecule has 16 heavy (non-hydrogen) atoms. The van der Waals surface area contributed by atoms with Crippen molar-refractivity contribution in [3.63, 3.8) is 0 Å². The van der Waals surface area contributed by atoms with Crippen LogP contribution >= 0.6 is 0 Å². The number of ketones is 1. The number of rotatable bonds is 3. The first kappa shape index (κ1) is 16.9. The van der Waals surface area contributed by atoms with Crippen molar-refractivity contribution in [2.45, 2.75) is 26.9 Å². The zero-order valence-electron chi connectivity index (χ0n) is 9.56. The zero-order chi connectivity index (χ0) is 13.4. The minimum atomic E-state index is -4.90. The molecule has 0 fully saturated rings. The third kappa shape index (κ3) is 5.38. The fraction of sp³-hybridized carbons (Fsp3) is 0.364. The number of carbonyl (C=O) groups excluding carboxylic acids is 1. The van der Waals surface area contributed by atoms with Gasteiger partial charge in [0.15, 0.2) is 0 Å². The molecule has 0 aliphatic rings. The molecule has 5 heteroatoms. The van der Waals surface area contributed by atoms with Crippen LogP contribution in [0.5, 0.6) is 0 Å². The summed E-state index contributed by atoms with van der Waals surface area (Å²) in [6.45, 7) is 8.57. The Hall–Kier alpha value is -1.52. The molecule has 0 unspecified atom stereocenters. The van der Waals surface area contributed by atoms with E-state index in [1.54, 1.807) is 0 Å². The summed E-state index contributed by atoms with van der Waals surface area (Å²) in [5.74, 6) is -1.95. The molecule has 0 saturated heterocycles. The van der Waals surface area contributed by atoms with Crippen LogP contribution in [-0.2, 0) is 4.79 Å². The molecule has 0 aliphatic carbocycles. The Labute approximate surface area is 93.3 Å². The lowest BCUT2D eigenvalue weighted by Crippen LogP contribution is -2.27. The summed E-state index contributed by atoms with van der Waals surface area (Å²) in [6.07, 6.45) is -1.53. The van der Waals surface area contributed by atoms with Crippen LogP contribution in [0.1, 0.15) is 20.8 Å². The number of nitrogens with two attached hydrogens (primary N) is 1. The molecular formula is C11H16F3NO. The number of Topliss-reactive ketones (excluding diaryl/α,β-unsaturated/α-hetero) is 1. The van der Waals surface area contributed by atoms with Crippen molar-refractivity contribution in [1.29, 1.82) is 0 Å². The summed E-state index contributed by atoms with van der Waals surface area (Å²) >= 11 is 0. The molecule has 2 N–H and O–H groups in total. The lowest BCUT2D eigenvalue weighted by Gasteiger charge is -2.08. The molecule has 0 aromatic carbocycles. The third-order valence-electron chi connectivity index (χ3n) is 1.40. The summed E-state index contributed by atoms with van der Waals surface area (Å²) in [7, 11) is 0. The van der Waals surface area contributed by atoms with E-state index in [1.165, 1.54) is 13.0 Å². The van der Waals surface area contributed by atoms with Crippen molar-refractivity contribution in [2.75, 3.05) is 0 Å². The van der Waals surface area contributed by atoms with E-state index in [0.717, 1.165) is 12.2 Å². The molecular weight excluding hydrogens is 219 g/mol. The van der Waals surface area contributed by atoms with Crippen molar-refractivity contribution in [3.8, 4) is 0 Å². The Morgan fingerprint density at radius 2 is 1.75 bits per heavy atom. The predicted molar refractivity (Wildman–Crippen MR) is 58.6 cm³/mol. The number of hydrogen-bond donors (Lipinski definition) is 1. The Kier molecular flexibility index (Phi) is 8.16. The standard InChI is InChI=1S/C9H10F3NO.C2H6/c1-3-5-7(13)6(4-2)8(14)9(10,11)12;1-2/h3-5H,1,13H2,2H3;1-2H3/b6-4+,7-5+;. The highest BCUT2D eigenvalue weighted by Gasteiger charge is 2.40. The van der Waals surface area contributed by atoms with Gasteiger partial charge in [0.05, 0.1) is 0 Å². The first-order valence-corrected chi connectivity index (χ1v) is 4.71. The molecule has 0 radical (unpaired) electrons. The van der Waals surface area contributed by atoms with Crippen molar-refractivity contribution >= 4 is 5.78 Å². The van der Waals surface area contributed by atoms with E-state index in [-0.39, 0.29) is 5.70 Å². The van der Waals surface area contributed by atoms with Gasteiger partial charge in [-0.05, 0) is 13.0 Å². The third-order valence-corrected chi connectivity index (χ3v) is 1.40. The van der Waals surface area contributed by atoms with Crippen LogP contribution in [-0.4, -0.2) is 12.0 Å². The molecule has 92 valence electrons. The Morgan fingerprint density at radius 1 is 1.31 bits per heavy atom. The predicted octanol–water partition coefficient (Wildman–Crippen LogP) is 3.12. The Morgan fingerprint density at radius 3 is 2.00 bits per heavy atom. The molecule has 0 heterocycles. The van der Waals surface area contributed by atoms with Crippen LogP contribution in [0, 0.1) is 0 Å². The number of allylic oxidation sites excluding steroid dienone is 4. The maximum absolute atomic E-state index is 12.0. The summed E-state index contributed by atoms with van der Waals surface area (Å²) < 4.78 is 36.0. The highest BCUT2D eigenvalue weighted by molar-refractivity contribution is 6.03. The molecule has 0 aliphatic heterocycles. The lowest BCUT2D eigenvalue weighted by atomic mass is 10.1. The van der Waals surface area contributed by atoms with Crippen LogP contribution in [0.4, 0.5) is 13.2 Å². The van der Waals surface area contributed by atoms with Gasteiger partial charge < -0.3 is 5.73 Å². The molecule has 0 spiro atoms. The molecule has 0 aromatic heterocycles. The van der Waals surface area contributed by atoms with Crippen LogP contribution in [0.3, 0.4) is 0 Å². The molecule has 0 atom stereocenters. The van der Waals surface area contributed by atoms with Gasteiger partial charge >= 0.3 is 6.18 Å². The minimum Gasteiger partial charge on any atom is -0.398 e. The van der Waals surface area contributed by atoms with E-state index in [0.29, 0.717) is 0 Å². The number of alkyl halides is 3. The Bertz CT molecular complexity index is 301. The monoisotopic (exact) mass is 235 g/mol. The zero-order valence-corrected chi connectivity index (χ0v) is 9.56. The molecule has 0 rings (SSSR count). The summed E-state index contributed by atoms with van der Waals surface area (Å²) in [4.78, 5) is 10.8. The SMILES string of the molecule is C=C/C=C(N)\C(=C/C)C(=O)C(F)(F)F.CC. The summed E-state index contributed by atoms with van der Waals surface area (Å²) in [6, 6.07) is 0. The molecule has 0 aromatic rings. The van der Waals surface area contributed by atoms with E-state index < -0.39 is 17.5 Å². The van der Waals surface area contributed by atoms with E-state index in [4.69, 9.17) is 5.73 Å². The van der Waals surface area contributed by atoms with Crippen LogP contribution < -0.4 is 5.73 Å². The van der Waals surface area contributed by atoms with Gasteiger partial charge in [0.1, 0.15) is 0 Å². The first-order valence-electron chi connectivity index (χ1n) is 4.71. The molecule has 0 amide bonds. The Balaban J connectivity index is 0. The van der Waals surface area contributed by atoms with Gasteiger partial charge in [-0.15, -0.1) is 0 Å². The average molecular weight is 235 g/mol. The van der Waals surface area contributed by atoms with Gasteiger partial charge in [-0.3, -0.25) is 4.79 Å². The van der Waals surface area contributed by atoms with Gasteiger partial charge in [-0.25, -0.2) is 0 Å². The second-order valence-corrected chi connectivity index (χ2v) is 2.39. The fourth-order valence-electron chi connectivity index (χ4n) is 0.798. The second-order valence-electron chi connectivity index (χ2n) is 2.39. The molecule has 0 saturated carbocycles. The highest BCUT2D eigenvalue weighted by Crippen LogP contribution is 2.22. The van der Waals surface area contributed by atoms with Gasteiger partial charge in [0.25, 0.3) is 5.78 Å². The number of hydrogen-bond acceptors (Lipinski definition) is 2. The topological polar surface area (TPSA) is 43.1 Å². The van der Waals surface area contributed by atoms with Gasteiger partial charge in [-0.1, -0.05) is 32.6 Å². The smallest absolute Gasteiger partial charge is 0.398 e. The molecule has 2 nitrogen and oxygen atoms in total. The van der Waals surface area contributed by atoms with Gasteiger partial charge in [0, 0.05) is 11.3 Å². The van der Waals surface area contributed by atoms with Crippen LogP contribution in [0.15, 0.2) is 36.1 Å². The van der Waals surface area contributed by atoms with E-state index in [9.17, 15) is 18.0 Å². The van der Waals surface area contributed by atoms with Crippen molar-refractivity contribution in [3.05, 3.63) is 36.1 Å². The van der Waals surface area contributed by atoms with E-state index in [2.05, 4.69) is 6.58 Å². The number of carbonyl (C=O) groups is 1. The largest absolute Gasteiger partial charge is 0.454 e. The normalized spacial score (nSPS) is 12.6. The first-order chi connectivity index (χ1) is 7.34. The maximum Gasteiger partial charge on any atom is 0.454 e. The minimum absolute atomic E-state index is 0.246. The quantitative estimate of drug-likeness (QED) is 0.603. The van der Waals surface area contributed by atoms with Crippen molar-refractivity contribution in [2.24, 2.45) is 5.73 Å². The van der Waals surface area contributed by atoms with Crippen LogP contribution in [0.2, 0.25) is 0 Å². The van der Waals surface area contributed by atoms with Gasteiger partial charge in [-0.2, -0.15) is 13.2 Å². The summed E-state index contributed by atoms with van der Waals surface area (Å²) in [5.41, 5.74) is 4.43. The highest BCUT2D eigenvalue weighted by atomic mass is 19.4. The van der Waals surface area contributed by atoms with Crippen molar-refractivity contribution in [1.82, 2.24) is 0 Å². The maximum atomic E-state index is 12.0. The number of halogens is 3. The fourth-order valence-corrected chi connectivity index (χ4v) is 0.798. The van der Waals surface area contributed by atoms with Crippen molar-refractivity contribution < 1.29 is 18.0 Å².